The van der Waals surface area contributed by atoms with Crippen LogP contribution in [0.15, 0.2) is 61.3 Å². The normalized spacial score (nSPS) is 10.4. The Bertz CT molecular complexity index is 764. The van der Waals surface area contributed by atoms with Gasteiger partial charge in [0.2, 0.25) is 0 Å². The quantitative estimate of drug-likeness (QED) is 0.803. The lowest BCUT2D eigenvalue weighted by molar-refractivity contribution is 0.0950. The van der Waals surface area contributed by atoms with Crippen molar-refractivity contribution in [2.24, 2.45) is 0 Å². The van der Waals surface area contributed by atoms with Crippen molar-refractivity contribution in [3.05, 3.63) is 78.0 Å². The number of pyridine rings is 1. The number of aromatic nitrogens is 3. The summed E-state index contributed by atoms with van der Waals surface area (Å²) in [6, 6.07) is 11.4. The maximum Gasteiger partial charge on any atom is 0.251 e. The SMILES string of the molecule is Cc1ccccc1C(=O)NCc1ccc(-n2ccnc2)nc1. The van der Waals surface area contributed by atoms with Crippen LogP contribution in [0.3, 0.4) is 0 Å². The standard InChI is InChI=1S/C17H16N4O/c1-13-4-2-3-5-15(13)17(22)20-11-14-6-7-16(19-10-14)21-9-8-18-12-21/h2-10,12H,11H2,1H3,(H,20,22). The van der Waals surface area contributed by atoms with Crippen LogP contribution in [-0.4, -0.2) is 20.4 Å². The summed E-state index contributed by atoms with van der Waals surface area (Å²) in [6.07, 6.45) is 7.00. The molecule has 0 aliphatic heterocycles. The van der Waals surface area contributed by atoms with E-state index in [1.807, 2.05) is 54.1 Å². The Morgan fingerprint density at radius 2 is 2.09 bits per heavy atom. The number of imidazole rings is 1. The minimum atomic E-state index is -0.0724. The van der Waals surface area contributed by atoms with E-state index in [4.69, 9.17) is 0 Å². The van der Waals surface area contributed by atoms with Gasteiger partial charge < -0.3 is 5.32 Å². The highest BCUT2D eigenvalue weighted by molar-refractivity contribution is 5.95. The molecule has 0 spiro atoms. The van der Waals surface area contributed by atoms with Crippen LogP contribution in [0.1, 0.15) is 21.5 Å². The molecule has 22 heavy (non-hydrogen) atoms. The number of nitrogens with zero attached hydrogens (tertiary/aromatic N) is 3. The smallest absolute Gasteiger partial charge is 0.251 e. The first kappa shape index (κ1) is 14.0. The molecule has 2 aromatic heterocycles. The first-order valence-electron chi connectivity index (χ1n) is 7.01. The van der Waals surface area contributed by atoms with Crippen LogP contribution in [0.5, 0.6) is 0 Å². The van der Waals surface area contributed by atoms with E-state index in [2.05, 4.69) is 15.3 Å². The fourth-order valence-electron chi connectivity index (χ4n) is 2.17. The van der Waals surface area contributed by atoms with Crippen LogP contribution >= 0.6 is 0 Å². The molecule has 2 heterocycles. The molecule has 110 valence electrons. The third-order valence-electron chi connectivity index (χ3n) is 3.42. The highest BCUT2D eigenvalue weighted by Crippen LogP contribution is 2.08. The summed E-state index contributed by atoms with van der Waals surface area (Å²) in [5, 5.41) is 2.91. The molecule has 0 fully saturated rings. The zero-order chi connectivity index (χ0) is 15.4. The average molecular weight is 292 g/mol. The molecule has 0 unspecified atom stereocenters. The van der Waals surface area contributed by atoms with Gasteiger partial charge in [-0.05, 0) is 30.2 Å². The number of carbonyl (C=O) groups is 1. The number of nitrogens with one attached hydrogen (secondary N) is 1. The minimum Gasteiger partial charge on any atom is -0.348 e. The van der Waals surface area contributed by atoms with Crippen LogP contribution in [0.4, 0.5) is 0 Å². The van der Waals surface area contributed by atoms with Gasteiger partial charge in [0.05, 0.1) is 0 Å². The van der Waals surface area contributed by atoms with Gasteiger partial charge in [-0.25, -0.2) is 9.97 Å². The molecule has 1 amide bonds. The number of benzene rings is 1. The molecule has 5 heteroatoms. The Kier molecular flexibility index (Phi) is 3.96. The van der Waals surface area contributed by atoms with Crippen molar-refractivity contribution in [3.8, 4) is 5.82 Å². The fraction of sp³-hybridized carbons (Fsp3) is 0.118. The van der Waals surface area contributed by atoms with Gasteiger partial charge in [-0.2, -0.15) is 0 Å². The molecule has 1 aromatic carbocycles. The van der Waals surface area contributed by atoms with Crippen LogP contribution in [0, 0.1) is 6.92 Å². The summed E-state index contributed by atoms with van der Waals surface area (Å²) in [6.45, 7) is 2.38. The molecule has 0 radical (unpaired) electrons. The third kappa shape index (κ3) is 3.03. The van der Waals surface area contributed by atoms with E-state index < -0.39 is 0 Å². The monoisotopic (exact) mass is 292 g/mol. The second-order valence-electron chi connectivity index (χ2n) is 4.99. The van der Waals surface area contributed by atoms with E-state index in [1.165, 1.54) is 0 Å². The average Bonchev–Trinajstić information content (AvgIpc) is 3.08. The van der Waals surface area contributed by atoms with Gasteiger partial charge in [0.1, 0.15) is 12.1 Å². The minimum absolute atomic E-state index is 0.0724. The zero-order valence-electron chi connectivity index (χ0n) is 12.2. The van der Waals surface area contributed by atoms with E-state index in [0.29, 0.717) is 12.1 Å². The molecule has 0 atom stereocenters. The van der Waals surface area contributed by atoms with Crippen LogP contribution < -0.4 is 5.32 Å². The molecule has 5 nitrogen and oxygen atoms in total. The van der Waals surface area contributed by atoms with E-state index in [1.54, 1.807) is 18.7 Å². The summed E-state index contributed by atoms with van der Waals surface area (Å²) < 4.78 is 1.83. The first-order valence-corrected chi connectivity index (χ1v) is 7.01. The number of amides is 1. The Hall–Kier alpha value is -2.95. The fourth-order valence-corrected chi connectivity index (χ4v) is 2.17. The predicted molar refractivity (Wildman–Crippen MR) is 83.7 cm³/mol. The lowest BCUT2D eigenvalue weighted by Crippen LogP contribution is -2.23. The molecule has 1 N–H and O–H groups in total. The Morgan fingerprint density at radius 1 is 1.23 bits per heavy atom. The Morgan fingerprint density at radius 3 is 2.77 bits per heavy atom. The van der Waals surface area contributed by atoms with Gasteiger partial charge in [0.15, 0.2) is 0 Å². The molecule has 0 bridgehead atoms. The van der Waals surface area contributed by atoms with Crippen LogP contribution in [0.25, 0.3) is 5.82 Å². The largest absolute Gasteiger partial charge is 0.348 e. The molecule has 3 rings (SSSR count). The Balaban J connectivity index is 1.64. The van der Waals surface area contributed by atoms with Crippen molar-refractivity contribution >= 4 is 5.91 Å². The van der Waals surface area contributed by atoms with Crippen molar-refractivity contribution in [1.29, 1.82) is 0 Å². The summed E-state index contributed by atoms with van der Waals surface area (Å²) in [5.74, 6) is 0.725. The number of aryl methyl sites for hydroxylation is 1. The summed E-state index contributed by atoms with van der Waals surface area (Å²) in [5.41, 5.74) is 2.62. The van der Waals surface area contributed by atoms with E-state index >= 15 is 0 Å². The van der Waals surface area contributed by atoms with Crippen LogP contribution in [0.2, 0.25) is 0 Å². The van der Waals surface area contributed by atoms with Gasteiger partial charge in [0.25, 0.3) is 5.91 Å². The van der Waals surface area contributed by atoms with Gasteiger partial charge in [-0.1, -0.05) is 24.3 Å². The second kappa shape index (κ2) is 6.22. The molecule has 0 saturated carbocycles. The topological polar surface area (TPSA) is 59.8 Å². The molecule has 0 aliphatic carbocycles. The van der Waals surface area contributed by atoms with Gasteiger partial charge in [0, 0.05) is 30.7 Å². The van der Waals surface area contributed by atoms with Crippen molar-refractivity contribution in [2.75, 3.05) is 0 Å². The lowest BCUT2D eigenvalue weighted by atomic mass is 10.1. The molecular formula is C17H16N4O. The summed E-state index contributed by atoms with van der Waals surface area (Å²) in [4.78, 5) is 20.5. The Labute approximate surface area is 128 Å². The number of hydrogen-bond donors (Lipinski definition) is 1. The molecular weight excluding hydrogens is 276 g/mol. The number of hydrogen-bond acceptors (Lipinski definition) is 3. The maximum atomic E-state index is 12.1. The van der Waals surface area contributed by atoms with Crippen molar-refractivity contribution in [1.82, 2.24) is 19.9 Å². The number of rotatable bonds is 4. The lowest BCUT2D eigenvalue weighted by Gasteiger charge is -2.08. The summed E-state index contributed by atoms with van der Waals surface area (Å²) in [7, 11) is 0. The van der Waals surface area contributed by atoms with E-state index in [0.717, 1.165) is 16.9 Å². The predicted octanol–water partition coefficient (Wildman–Crippen LogP) is 2.51. The maximum absolute atomic E-state index is 12.1. The number of carbonyl (C=O) groups excluding carboxylic acids is 1. The summed E-state index contributed by atoms with van der Waals surface area (Å²) >= 11 is 0. The van der Waals surface area contributed by atoms with E-state index in [9.17, 15) is 4.79 Å². The van der Waals surface area contributed by atoms with E-state index in [-0.39, 0.29) is 5.91 Å². The zero-order valence-corrected chi connectivity index (χ0v) is 12.2. The molecule has 3 aromatic rings. The van der Waals surface area contributed by atoms with Crippen LogP contribution in [-0.2, 0) is 6.54 Å². The van der Waals surface area contributed by atoms with Crippen molar-refractivity contribution in [3.63, 3.8) is 0 Å². The van der Waals surface area contributed by atoms with Crippen molar-refractivity contribution in [2.45, 2.75) is 13.5 Å². The van der Waals surface area contributed by atoms with Crippen molar-refractivity contribution < 1.29 is 4.79 Å². The highest BCUT2D eigenvalue weighted by Gasteiger charge is 2.07. The highest BCUT2D eigenvalue weighted by atomic mass is 16.1. The molecule has 0 aliphatic rings. The van der Waals surface area contributed by atoms with Gasteiger partial charge in [-0.15, -0.1) is 0 Å². The van der Waals surface area contributed by atoms with Gasteiger partial charge >= 0.3 is 0 Å². The second-order valence-corrected chi connectivity index (χ2v) is 4.99. The third-order valence-corrected chi connectivity index (χ3v) is 3.42. The molecule has 0 saturated heterocycles. The first-order chi connectivity index (χ1) is 10.7. The van der Waals surface area contributed by atoms with Gasteiger partial charge in [-0.3, -0.25) is 9.36 Å².